The number of ketones is 1. The lowest BCUT2D eigenvalue weighted by Crippen LogP contribution is -2.30. The lowest BCUT2D eigenvalue weighted by molar-refractivity contribution is -0.118. The van der Waals surface area contributed by atoms with Crippen LogP contribution in [0.1, 0.15) is 36.5 Å². The van der Waals surface area contributed by atoms with Crippen molar-refractivity contribution in [1.29, 1.82) is 0 Å². The van der Waals surface area contributed by atoms with Crippen LogP contribution >= 0.6 is 0 Å². The zero-order valence-corrected chi connectivity index (χ0v) is 18.1. The lowest BCUT2D eigenvalue weighted by Gasteiger charge is -2.25. The van der Waals surface area contributed by atoms with Gasteiger partial charge in [0.2, 0.25) is 0 Å². The molecule has 2 heterocycles. The van der Waals surface area contributed by atoms with E-state index in [9.17, 15) is 14.7 Å². The normalized spacial score (nSPS) is 16.0. The highest BCUT2D eigenvalue weighted by atomic mass is 16.5. The molecule has 0 spiro atoms. The van der Waals surface area contributed by atoms with Crippen molar-refractivity contribution in [2.45, 2.75) is 32.7 Å². The number of carbonyl (C=O) groups excluding carboxylic acids is 2. The molecule has 0 bridgehead atoms. The SMILES string of the molecule is CCOc1cccc(N2C(=O)C(O)=C(C(=O)CCc3ccccc3)C2c2ccc(C)o2)c1. The molecule has 164 valence electrons. The second kappa shape index (κ2) is 9.14. The van der Waals surface area contributed by atoms with E-state index in [2.05, 4.69) is 0 Å². The van der Waals surface area contributed by atoms with Gasteiger partial charge >= 0.3 is 0 Å². The van der Waals surface area contributed by atoms with Crippen molar-refractivity contribution < 1.29 is 23.8 Å². The van der Waals surface area contributed by atoms with Gasteiger partial charge in [0.15, 0.2) is 11.5 Å². The average Bonchev–Trinajstić information content (AvgIpc) is 3.34. The summed E-state index contributed by atoms with van der Waals surface area (Å²) in [6.45, 7) is 4.14. The number of anilines is 1. The molecule has 0 radical (unpaired) electrons. The zero-order chi connectivity index (χ0) is 22.7. The van der Waals surface area contributed by atoms with E-state index in [1.54, 1.807) is 43.3 Å². The highest BCUT2D eigenvalue weighted by molar-refractivity contribution is 6.16. The van der Waals surface area contributed by atoms with E-state index < -0.39 is 17.7 Å². The minimum absolute atomic E-state index is 0.0575. The maximum Gasteiger partial charge on any atom is 0.294 e. The third-order valence-corrected chi connectivity index (χ3v) is 5.43. The summed E-state index contributed by atoms with van der Waals surface area (Å²) in [6.07, 6.45) is 0.675. The van der Waals surface area contributed by atoms with Gasteiger partial charge < -0.3 is 14.3 Å². The number of benzene rings is 2. The molecule has 0 saturated carbocycles. The van der Waals surface area contributed by atoms with Gasteiger partial charge in [0.25, 0.3) is 5.91 Å². The highest BCUT2D eigenvalue weighted by Crippen LogP contribution is 2.42. The van der Waals surface area contributed by atoms with Crippen LogP contribution in [0.2, 0.25) is 0 Å². The van der Waals surface area contributed by atoms with Crippen LogP contribution in [0, 0.1) is 6.92 Å². The Morgan fingerprint density at radius 2 is 1.88 bits per heavy atom. The topological polar surface area (TPSA) is 80.0 Å². The van der Waals surface area contributed by atoms with Crippen LogP contribution in [0.25, 0.3) is 0 Å². The number of ether oxygens (including phenoxy) is 1. The molecule has 1 aliphatic rings. The summed E-state index contributed by atoms with van der Waals surface area (Å²) in [5.41, 5.74) is 1.58. The molecule has 6 heteroatoms. The first-order valence-corrected chi connectivity index (χ1v) is 10.6. The van der Waals surface area contributed by atoms with Gasteiger partial charge in [-0.2, -0.15) is 0 Å². The van der Waals surface area contributed by atoms with Gasteiger partial charge in [0, 0.05) is 18.2 Å². The van der Waals surface area contributed by atoms with Gasteiger partial charge in [0.1, 0.15) is 23.3 Å². The fourth-order valence-corrected chi connectivity index (χ4v) is 3.95. The van der Waals surface area contributed by atoms with Gasteiger partial charge in [-0.3, -0.25) is 14.5 Å². The van der Waals surface area contributed by atoms with Crippen molar-refractivity contribution in [3.63, 3.8) is 0 Å². The van der Waals surface area contributed by atoms with Crippen molar-refractivity contribution in [1.82, 2.24) is 0 Å². The van der Waals surface area contributed by atoms with Crippen LogP contribution in [-0.4, -0.2) is 23.4 Å². The molecular weight excluding hydrogens is 406 g/mol. The fourth-order valence-electron chi connectivity index (χ4n) is 3.95. The van der Waals surface area contributed by atoms with Crippen molar-refractivity contribution in [2.75, 3.05) is 11.5 Å². The van der Waals surface area contributed by atoms with Crippen LogP contribution in [0.5, 0.6) is 5.75 Å². The monoisotopic (exact) mass is 431 g/mol. The third-order valence-electron chi connectivity index (χ3n) is 5.43. The van der Waals surface area contributed by atoms with Gasteiger partial charge in [-0.25, -0.2) is 0 Å². The summed E-state index contributed by atoms with van der Waals surface area (Å²) in [5, 5.41) is 10.8. The second-order valence-corrected chi connectivity index (χ2v) is 7.63. The maximum absolute atomic E-state index is 13.2. The number of hydrogen-bond acceptors (Lipinski definition) is 5. The van der Waals surface area contributed by atoms with E-state index in [1.807, 2.05) is 37.3 Å². The molecule has 2 aromatic carbocycles. The Labute approximate surface area is 186 Å². The number of aliphatic hydroxyl groups excluding tert-OH is 1. The number of carbonyl (C=O) groups is 2. The molecule has 1 unspecified atom stereocenters. The molecule has 6 nitrogen and oxygen atoms in total. The number of furan rings is 1. The zero-order valence-electron chi connectivity index (χ0n) is 18.1. The molecule has 1 aromatic heterocycles. The molecule has 4 rings (SSSR count). The Bertz CT molecular complexity index is 1160. The van der Waals surface area contributed by atoms with Crippen molar-refractivity contribution in [3.05, 3.63) is 95.1 Å². The van der Waals surface area contributed by atoms with E-state index in [4.69, 9.17) is 9.15 Å². The quantitative estimate of drug-likeness (QED) is 0.537. The molecule has 0 fully saturated rings. The van der Waals surface area contributed by atoms with Crippen LogP contribution in [0.4, 0.5) is 5.69 Å². The van der Waals surface area contributed by atoms with Crippen LogP contribution in [0.15, 0.2) is 82.5 Å². The first-order valence-electron chi connectivity index (χ1n) is 10.6. The summed E-state index contributed by atoms with van der Waals surface area (Å²) in [4.78, 5) is 27.8. The summed E-state index contributed by atoms with van der Waals surface area (Å²) in [7, 11) is 0. The summed E-state index contributed by atoms with van der Waals surface area (Å²) >= 11 is 0. The van der Waals surface area contributed by atoms with Gasteiger partial charge in [-0.1, -0.05) is 36.4 Å². The van der Waals surface area contributed by atoms with Gasteiger partial charge in [-0.05, 0) is 50.1 Å². The molecule has 32 heavy (non-hydrogen) atoms. The molecule has 3 aromatic rings. The maximum atomic E-state index is 13.2. The molecule has 1 amide bonds. The Balaban J connectivity index is 1.70. The van der Waals surface area contributed by atoms with Crippen LogP contribution < -0.4 is 9.64 Å². The number of aryl methyl sites for hydroxylation is 2. The molecule has 1 N–H and O–H groups in total. The predicted octanol–water partition coefficient (Wildman–Crippen LogP) is 5.09. The van der Waals surface area contributed by atoms with E-state index in [0.29, 0.717) is 36.0 Å². The van der Waals surface area contributed by atoms with Gasteiger partial charge in [-0.15, -0.1) is 0 Å². The molecule has 0 saturated heterocycles. The Morgan fingerprint density at radius 1 is 1.09 bits per heavy atom. The molecular formula is C26H25NO5. The number of amides is 1. The highest BCUT2D eigenvalue weighted by Gasteiger charge is 2.45. The number of rotatable bonds is 8. The Hall–Kier alpha value is -3.80. The number of aliphatic hydroxyl groups is 1. The Morgan fingerprint density at radius 3 is 2.56 bits per heavy atom. The first-order chi connectivity index (χ1) is 15.5. The van der Waals surface area contributed by atoms with Crippen molar-refractivity contribution in [3.8, 4) is 5.75 Å². The smallest absolute Gasteiger partial charge is 0.294 e. The minimum atomic E-state index is -0.851. The standard InChI is InChI=1S/C26H25NO5/c1-3-31-20-11-7-10-19(16-20)27-24(22-15-12-17(2)32-22)23(25(29)26(27)30)21(28)14-13-18-8-5-4-6-9-18/h4-12,15-16,24,29H,3,13-14H2,1-2H3. The second-order valence-electron chi connectivity index (χ2n) is 7.63. The number of Topliss-reactive ketones (excluding diaryl/α,β-unsaturated/α-hetero) is 1. The average molecular weight is 431 g/mol. The first kappa shape index (κ1) is 21.4. The van der Waals surface area contributed by atoms with Crippen molar-refractivity contribution in [2.24, 2.45) is 0 Å². The number of nitrogens with zero attached hydrogens (tertiary/aromatic N) is 1. The molecule has 1 atom stereocenters. The van der Waals surface area contributed by atoms with E-state index in [-0.39, 0.29) is 17.8 Å². The van der Waals surface area contributed by atoms with E-state index >= 15 is 0 Å². The minimum Gasteiger partial charge on any atom is -0.503 e. The van der Waals surface area contributed by atoms with Gasteiger partial charge in [0.05, 0.1) is 12.2 Å². The van der Waals surface area contributed by atoms with E-state index in [0.717, 1.165) is 5.56 Å². The lowest BCUT2D eigenvalue weighted by atomic mass is 9.96. The fraction of sp³-hybridized carbons (Fsp3) is 0.231. The van der Waals surface area contributed by atoms with Crippen LogP contribution in [0.3, 0.4) is 0 Å². The Kier molecular flexibility index (Phi) is 6.12. The molecule has 1 aliphatic heterocycles. The number of hydrogen-bond donors (Lipinski definition) is 1. The summed E-state index contributed by atoms with van der Waals surface area (Å²) < 4.78 is 11.4. The molecule has 0 aliphatic carbocycles. The largest absolute Gasteiger partial charge is 0.503 e. The third kappa shape index (κ3) is 4.17. The predicted molar refractivity (Wildman–Crippen MR) is 121 cm³/mol. The summed E-state index contributed by atoms with van der Waals surface area (Å²) in [6, 6.07) is 19.3. The summed E-state index contributed by atoms with van der Waals surface area (Å²) in [5.74, 6) is 0.199. The van der Waals surface area contributed by atoms with Crippen LogP contribution in [-0.2, 0) is 16.0 Å². The van der Waals surface area contributed by atoms with Crippen molar-refractivity contribution >= 4 is 17.4 Å². The van der Waals surface area contributed by atoms with E-state index in [1.165, 1.54) is 4.90 Å².